The van der Waals surface area contributed by atoms with Crippen LogP contribution in [0.25, 0.3) is 0 Å². The Bertz CT molecular complexity index is 267. The van der Waals surface area contributed by atoms with Crippen molar-refractivity contribution in [3.63, 3.8) is 0 Å². The maximum atomic E-state index is 5.61. The third-order valence-electron chi connectivity index (χ3n) is 2.76. The second-order valence-corrected chi connectivity index (χ2v) is 3.99. The van der Waals surface area contributed by atoms with E-state index in [4.69, 9.17) is 4.74 Å². The van der Waals surface area contributed by atoms with Crippen molar-refractivity contribution in [3.8, 4) is 5.75 Å². The maximum Gasteiger partial charge on any atom is 0.119 e. The van der Waals surface area contributed by atoms with Gasteiger partial charge in [-0.05, 0) is 50.6 Å². The highest BCUT2D eigenvalue weighted by Gasteiger charge is 2.10. The van der Waals surface area contributed by atoms with Crippen molar-refractivity contribution in [1.82, 2.24) is 4.90 Å². The predicted octanol–water partition coefficient (Wildman–Crippen LogP) is 2.35. The molecule has 2 heteroatoms. The number of hydrogen-bond donors (Lipinski definition) is 0. The number of hydrogen-bond acceptors (Lipinski definition) is 2. The van der Waals surface area contributed by atoms with Crippen molar-refractivity contribution in [1.29, 1.82) is 0 Å². The molecule has 2 rings (SSSR count). The van der Waals surface area contributed by atoms with Crippen molar-refractivity contribution in [2.24, 2.45) is 0 Å². The molecular weight excluding hydrogens is 186 g/mol. The first-order valence-electron chi connectivity index (χ1n) is 5.76. The number of nitrogens with zero attached hydrogens (tertiary/aromatic N) is 1. The number of ether oxygens (including phenoxy) is 1. The molecule has 1 aliphatic rings. The fraction of sp³-hybridized carbons (Fsp3) is 0.538. The van der Waals surface area contributed by atoms with E-state index in [-0.39, 0.29) is 0 Å². The van der Waals surface area contributed by atoms with Crippen LogP contribution in [0.4, 0.5) is 0 Å². The molecule has 0 saturated carbocycles. The molecule has 0 aliphatic carbocycles. The summed E-state index contributed by atoms with van der Waals surface area (Å²) in [6.07, 6.45) is 3.86. The Morgan fingerprint density at radius 2 is 2.20 bits per heavy atom. The van der Waals surface area contributed by atoms with Gasteiger partial charge in [-0.1, -0.05) is 12.1 Å². The molecule has 1 fully saturated rings. The van der Waals surface area contributed by atoms with Crippen molar-refractivity contribution in [2.75, 3.05) is 26.2 Å². The van der Waals surface area contributed by atoms with Gasteiger partial charge in [0.15, 0.2) is 0 Å². The van der Waals surface area contributed by atoms with E-state index in [2.05, 4.69) is 11.0 Å². The van der Waals surface area contributed by atoms with Crippen LogP contribution in [0.1, 0.15) is 19.3 Å². The highest BCUT2D eigenvalue weighted by atomic mass is 16.5. The molecule has 1 aliphatic heterocycles. The Balaban J connectivity index is 1.59. The van der Waals surface area contributed by atoms with Gasteiger partial charge < -0.3 is 9.64 Å². The monoisotopic (exact) mass is 204 g/mol. The highest BCUT2D eigenvalue weighted by Crippen LogP contribution is 2.10. The van der Waals surface area contributed by atoms with E-state index in [0.29, 0.717) is 0 Å². The third kappa shape index (κ3) is 3.56. The fourth-order valence-corrected chi connectivity index (χ4v) is 1.95. The van der Waals surface area contributed by atoms with Crippen molar-refractivity contribution in [3.05, 3.63) is 30.3 Å². The van der Waals surface area contributed by atoms with Gasteiger partial charge in [0.1, 0.15) is 5.75 Å². The largest absolute Gasteiger partial charge is 0.494 e. The lowest BCUT2D eigenvalue weighted by Gasteiger charge is -2.14. The van der Waals surface area contributed by atoms with Crippen LogP contribution in [-0.4, -0.2) is 31.1 Å². The van der Waals surface area contributed by atoms with Crippen molar-refractivity contribution in [2.45, 2.75) is 19.3 Å². The van der Waals surface area contributed by atoms with Crippen LogP contribution in [0, 0.1) is 6.07 Å². The molecule has 0 aromatic heterocycles. The zero-order valence-electron chi connectivity index (χ0n) is 9.11. The normalized spacial score (nSPS) is 16.8. The molecule has 1 saturated heterocycles. The SMILES string of the molecule is [c]1cccc(OCCCN2CCCC2)c1. The summed E-state index contributed by atoms with van der Waals surface area (Å²) in [6, 6.07) is 10.7. The van der Waals surface area contributed by atoms with Crippen molar-refractivity contribution >= 4 is 0 Å². The second kappa shape index (κ2) is 5.76. The Hall–Kier alpha value is -1.02. The van der Waals surface area contributed by atoms with Crippen LogP contribution in [-0.2, 0) is 0 Å². The Kier molecular flexibility index (Phi) is 4.03. The first kappa shape index (κ1) is 10.5. The Morgan fingerprint density at radius 1 is 1.33 bits per heavy atom. The molecule has 2 nitrogen and oxygen atoms in total. The van der Waals surface area contributed by atoms with Crippen LogP contribution in [0.2, 0.25) is 0 Å². The number of benzene rings is 1. The zero-order valence-corrected chi connectivity index (χ0v) is 9.11. The predicted molar refractivity (Wildman–Crippen MR) is 61.1 cm³/mol. The first-order chi connectivity index (χ1) is 7.45. The highest BCUT2D eigenvalue weighted by molar-refractivity contribution is 5.19. The lowest BCUT2D eigenvalue weighted by molar-refractivity contribution is 0.263. The molecule has 1 aromatic rings. The molecule has 0 unspecified atom stereocenters. The molecule has 0 N–H and O–H groups in total. The van der Waals surface area contributed by atoms with E-state index in [0.717, 1.165) is 18.8 Å². The van der Waals surface area contributed by atoms with Crippen LogP contribution in [0.5, 0.6) is 5.75 Å². The van der Waals surface area contributed by atoms with Crippen LogP contribution in [0.15, 0.2) is 24.3 Å². The van der Waals surface area contributed by atoms with E-state index in [1.807, 2.05) is 24.3 Å². The minimum absolute atomic E-state index is 0.814. The van der Waals surface area contributed by atoms with Gasteiger partial charge in [-0.3, -0.25) is 0 Å². The summed E-state index contributed by atoms with van der Waals surface area (Å²) in [5.74, 6) is 0.930. The molecule has 0 spiro atoms. The third-order valence-corrected chi connectivity index (χ3v) is 2.76. The summed E-state index contributed by atoms with van der Waals surface area (Å²) in [5, 5.41) is 0. The summed E-state index contributed by atoms with van der Waals surface area (Å²) in [7, 11) is 0. The summed E-state index contributed by atoms with van der Waals surface area (Å²) in [5.41, 5.74) is 0. The second-order valence-electron chi connectivity index (χ2n) is 3.99. The van der Waals surface area contributed by atoms with Gasteiger partial charge in [0.25, 0.3) is 0 Å². The standard InChI is InChI=1S/C13H18NO/c1-2-7-13(8-3-1)15-12-6-11-14-9-4-5-10-14/h1-2,7-8H,4-6,9-12H2. The van der Waals surface area contributed by atoms with Crippen molar-refractivity contribution < 1.29 is 4.74 Å². The van der Waals surface area contributed by atoms with Gasteiger partial charge in [-0.15, -0.1) is 0 Å². The summed E-state index contributed by atoms with van der Waals surface area (Å²) in [4.78, 5) is 2.51. The molecule has 0 amide bonds. The molecule has 81 valence electrons. The molecule has 1 heterocycles. The molecule has 0 atom stereocenters. The smallest absolute Gasteiger partial charge is 0.119 e. The molecule has 1 aromatic carbocycles. The molecule has 0 bridgehead atoms. The van der Waals surface area contributed by atoms with Gasteiger partial charge in [0, 0.05) is 6.54 Å². The minimum atomic E-state index is 0.814. The average molecular weight is 204 g/mol. The summed E-state index contributed by atoms with van der Waals surface area (Å²) < 4.78 is 5.61. The lowest BCUT2D eigenvalue weighted by Crippen LogP contribution is -2.21. The van der Waals surface area contributed by atoms with E-state index < -0.39 is 0 Å². The Labute approximate surface area is 91.9 Å². The van der Waals surface area contributed by atoms with Gasteiger partial charge in [-0.25, -0.2) is 0 Å². The van der Waals surface area contributed by atoms with Crippen LogP contribution < -0.4 is 4.74 Å². The van der Waals surface area contributed by atoms with Gasteiger partial charge >= 0.3 is 0 Å². The number of likely N-dealkylation sites (tertiary alicyclic amines) is 1. The van der Waals surface area contributed by atoms with Gasteiger partial charge in [0.05, 0.1) is 6.61 Å². The van der Waals surface area contributed by atoms with E-state index >= 15 is 0 Å². The summed E-state index contributed by atoms with van der Waals surface area (Å²) in [6.45, 7) is 4.54. The fourth-order valence-electron chi connectivity index (χ4n) is 1.95. The first-order valence-corrected chi connectivity index (χ1v) is 5.76. The average Bonchev–Trinajstić information content (AvgIpc) is 2.79. The number of rotatable bonds is 5. The molecule has 15 heavy (non-hydrogen) atoms. The van der Waals surface area contributed by atoms with E-state index in [1.165, 1.54) is 32.5 Å². The van der Waals surface area contributed by atoms with E-state index in [9.17, 15) is 0 Å². The summed E-state index contributed by atoms with van der Waals surface area (Å²) >= 11 is 0. The van der Waals surface area contributed by atoms with Crippen LogP contribution in [0.3, 0.4) is 0 Å². The van der Waals surface area contributed by atoms with Gasteiger partial charge in [0.2, 0.25) is 0 Å². The quantitative estimate of drug-likeness (QED) is 0.683. The lowest BCUT2D eigenvalue weighted by atomic mass is 10.3. The maximum absolute atomic E-state index is 5.61. The van der Waals surface area contributed by atoms with E-state index in [1.54, 1.807) is 0 Å². The van der Waals surface area contributed by atoms with Crippen LogP contribution >= 0.6 is 0 Å². The molecular formula is C13H18NO. The Morgan fingerprint density at radius 3 is 2.93 bits per heavy atom. The topological polar surface area (TPSA) is 12.5 Å². The minimum Gasteiger partial charge on any atom is -0.494 e. The molecule has 1 radical (unpaired) electrons. The zero-order chi connectivity index (χ0) is 10.3. The van der Waals surface area contributed by atoms with Gasteiger partial charge in [-0.2, -0.15) is 0 Å².